The molecule has 2 N–H and O–H groups in total. The van der Waals surface area contributed by atoms with Gasteiger partial charge in [0.2, 0.25) is 0 Å². The molecule has 5 heteroatoms. The van der Waals surface area contributed by atoms with E-state index in [1.54, 1.807) is 14.2 Å². The van der Waals surface area contributed by atoms with Crippen LogP contribution in [0.4, 0.5) is 5.69 Å². The fourth-order valence-electron chi connectivity index (χ4n) is 1.51. The van der Waals surface area contributed by atoms with Crippen LogP contribution in [0.5, 0.6) is 11.5 Å². The van der Waals surface area contributed by atoms with Crippen molar-refractivity contribution in [2.45, 2.75) is 13.3 Å². The molecule has 0 amide bonds. The molecule has 1 aromatic carbocycles. The van der Waals surface area contributed by atoms with Crippen molar-refractivity contribution in [2.75, 3.05) is 32.8 Å². The van der Waals surface area contributed by atoms with E-state index in [1.165, 1.54) is 0 Å². The van der Waals surface area contributed by atoms with Crippen molar-refractivity contribution in [1.82, 2.24) is 0 Å². The average molecular weight is 252 g/mol. The number of para-hydroxylation sites is 1. The first-order chi connectivity index (χ1) is 8.72. The number of hydrogen-bond donors (Lipinski definition) is 2. The van der Waals surface area contributed by atoms with Gasteiger partial charge in [0.25, 0.3) is 0 Å². The summed E-state index contributed by atoms with van der Waals surface area (Å²) in [6.07, 6.45) is 0.523. The van der Waals surface area contributed by atoms with Crippen molar-refractivity contribution in [1.29, 1.82) is 5.41 Å². The van der Waals surface area contributed by atoms with Crippen molar-refractivity contribution in [2.24, 2.45) is 0 Å². The second-order valence-corrected chi connectivity index (χ2v) is 3.59. The minimum Gasteiger partial charge on any atom is -0.494 e. The van der Waals surface area contributed by atoms with Crippen molar-refractivity contribution >= 4 is 11.5 Å². The standard InChI is InChI=1S/C13H20N2O3/c1-4-18-9-8-12(14)15-13-10(16-2)6-5-7-11(13)17-3/h5-7H,4,8-9H2,1-3H3,(H2,14,15). The van der Waals surface area contributed by atoms with Crippen molar-refractivity contribution in [3.8, 4) is 11.5 Å². The van der Waals surface area contributed by atoms with Crippen LogP contribution in [0.1, 0.15) is 13.3 Å². The predicted molar refractivity (Wildman–Crippen MR) is 72.0 cm³/mol. The summed E-state index contributed by atoms with van der Waals surface area (Å²) in [5.41, 5.74) is 0.670. The molecule has 0 aliphatic heterocycles. The van der Waals surface area contributed by atoms with E-state index in [4.69, 9.17) is 19.6 Å². The number of rotatable bonds is 7. The van der Waals surface area contributed by atoms with Gasteiger partial charge in [-0.1, -0.05) is 6.07 Å². The van der Waals surface area contributed by atoms with E-state index in [9.17, 15) is 0 Å². The summed E-state index contributed by atoms with van der Waals surface area (Å²) in [6, 6.07) is 5.48. The molecule has 1 rings (SSSR count). The number of nitrogens with one attached hydrogen (secondary N) is 2. The third-order valence-electron chi connectivity index (χ3n) is 2.40. The summed E-state index contributed by atoms with van der Waals surface area (Å²) in [5, 5.41) is 10.8. The second-order valence-electron chi connectivity index (χ2n) is 3.59. The fourth-order valence-corrected chi connectivity index (χ4v) is 1.51. The Labute approximate surface area is 108 Å². The Morgan fingerprint density at radius 3 is 2.33 bits per heavy atom. The highest BCUT2D eigenvalue weighted by Crippen LogP contribution is 2.34. The third kappa shape index (κ3) is 3.92. The molecule has 0 saturated heterocycles. The molecule has 0 fully saturated rings. The summed E-state index contributed by atoms with van der Waals surface area (Å²) < 4.78 is 15.7. The first-order valence-electron chi connectivity index (χ1n) is 5.86. The lowest BCUT2D eigenvalue weighted by molar-refractivity contribution is 0.155. The van der Waals surface area contributed by atoms with Gasteiger partial charge in [-0.25, -0.2) is 0 Å². The zero-order valence-electron chi connectivity index (χ0n) is 11.1. The number of amidine groups is 1. The summed E-state index contributed by atoms with van der Waals surface area (Å²) in [6.45, 7) is 3.12. The van der Waals surface area contributed by atoms with Crippen LogP contribution < -0.4 is 14.8 Å². The Balaban J connectivity index is 2.72. The summed E-state index contributed by atoms with van der Waals surface area (Å²) in [7, 11) is 3.17. The minimum atomic E-state index is 0.367. The largest absolute Gasteiger partial charge is 0.494 e. The average Bonchev–Trinajstić information content (AvgIpc) is 2.39. The van der Waals surface area contributed by atoms with Gasteiger partial charge in [-0.05, 0) is 19.1 Å². The van der Waals surface area contributed by atoms with Gasteiger partial charge in [-0.2, -0.15) is 0 Å². The fraction of sp³-hybridized carbons (Fsp3) is 0.462. The van der Waals surface area contributed by atoms with Crippen molar-refractivity contribution < 1.29 is 14.2 Å². The zero-order chi connectivity index (χ0) is 13.4. The monoisotopic (exact) mass is 252 g/mol. The molecular weight excluding hydrogens is 232 g/mol. The molecule has 0 saturated carbocycles. The normalized spacial score (nSPS) is 9.94. The number of anilines is 1. The van der Waals surface area contributed by atoms with Gasteiger partial charge in [-0.3, -0.25) is 5.41 Å². The highest BCUT2D eigenvalue weighted by molar-refractivity contribution is 5.96. The SMILES string of the molecule is CCOCCC(=N)Nc1c(OC)cccc1OC. The molecule has 0 aliphatic rings. The van der Waals surface area contributed by atoms with E-state index < -0.39 is 0 Å². The molecular formula is C13H20N2O3. The van der Waals surface area contributed by atoms with Crippen LogP contribution in [-0.2, 0) is 4.74 Å². The van der Waals surface area contributed by atoms with Gasteiger partial charge in [0.1, 0.15) is 23.0 Å². The van der Waals surface area contributed by atoms with E-state index in [-0.39, 0.29) is 0 Å². The topological polar surface area (TPSA) is 63.6 Å². The van der Waals surface area contributed by atoms with Crippen molar-refractivity contribution in [3.63, 3.8) is 0 Å². The molecule has 0 radical (unpaired) electrons. The number of hydrogen-bond acceptors (Lipinski definition) is 4. The van der Waals surface area contributed by atoms with Crippen LogP contribution in [0.15, 0.2) is 18.2 Å². The van der Waals surface area contributed by atoms with Gasteiger partial charge in [0.05, 0.1) is 20.8 Å². The number of ether oxygens (including phenoxy) is 3. The maximum absolute atomic E-state index is 7.85. The van der Waals surface area contributed by atoms with E-state index in [0.29, 0.717) is 42.7 Å². The van der Waals surface area contributed by atoms with Gasteiger partial charge in [0, 0.05) is 13.0 Å². The van der Waals surface area contributed by atoms with E-state index in [1.807, 2.05) is 25.1 Å². The van der Waals surface area contributed by atoms with E-state index >= 15 is 0 Å². The summed E-state index contributed by atoms with van der Waals surface area (Å²) in [5.74, 6) is 1.66. The smallest absolute Gasteiger partial charge is 0.146 e. The molecule has 0 spiro atoms. The van der Waals surface area contributed by atoms with Crippen LogP contribution >= 0.6 is 0 Å². The minimum absolute atomic E-state index is 0.367. The quantitative estimate of drug-likeness (QED) is 0.444. The number of methoxy groups -OCH3 is 2. The second kappa shape index (κ2) is 7.55. The lowest BCUT2D eigenvalue weighted by atomic mass is 10.2. The van der Waals surface area contributed by atoms with Crippen LogP contribution in [0.2, 0.25) is 0 Å². The molecule has 0 aromatic heterocycles. The van der Waals surface area contributed by atoms with E-state index in [2.05, 4.69) is 5.32 Å². The Bertz CT molecular complexity index is 372. The molecule has 5 nitrogen and oxygen atoms in total. The van der Waals surface area contributed by atoms with Crippen LogP contribution in [-0.4, -0.2) is 33.3 Å². The van der Waals surface area contributed by atoms with Gasteiger partial charge < -0.3 is 19.5 Å². The predicted octanol–water partition coefficient (Wildman–Crippen LogP) is 2.52. The molecule has 100 valence electrons. The van der Waals surface area contributed by atoms with Gasteiger partial charge in [-0.15, -0.1) is 0 Å². The van der Waals surface area contributed by atoms with Crippen LogP contribution in [0.3, 0.4) is 0 Å². The zero-order valence-corrected chi connectivity index (χ0v) is 11.1. The Kier molecular flexibility index (Phi) is 6.00. The molecule has 0 aliphatic carbocycles. The molecule has 18 heavy (non-hydrogen) atoms. The molecule has 0 bridgehead atoms. The Morgan fingerprint density at radius 2 is 1.83 bits per heavy atom. The van der Waals surface area contributed by atoms with Crippen LogP contribution in [0, 0.1) is 5.41 Å². The maximum atomic E-state index is 7.85. The lowest BCUT2D eigenvalue weighted by Crippen LogP contribution is -2.14. The number of benzene rings is 1. The third-order valence-corrected chi connectivity index (χ3v) is 2.40. The highest BCUT2D eigenvalue weighted by atomic mass is 16.5. The first kappa shape index (κ1) is 14.3. The molecule has 0 heterocycles. The molecule has 0 atom stereocenters. The first-order valence-corrected chi connectivity index (χ1v) is 5.86. The lowest BCUT2D eigenvalue weighted by Gasteiger charge is -2.15. The van der Waals surface area contributed by atoms with Gasteiger partial charge in [0.15, 0.2) is 0 Å². The van der Waals surface area contributed by atoms with Gasteiger partial charge >= 0.3 is 0 Å². The Hall–Kier alpha value is -1.75. The van der Waals surface area contributed by atoms with E-state index in [0.717, 1.165) is 0 Å². The Morgan fingerprint density at radius 1 is 1.22 bits per heavy atom. The summed E-state index contributed by atoms with van der Waals surface area (Å²) in [4.78, 5) is 0. The van der Waals surface area contributed by atoms with Crippen molar-refractivity contribution in [3.05, 3.63) is 18.2 Å². The summed E-state index contributed by atoms with van der Waals surface area (Å²) >= 11 is 0. The maximum Gasteiger partial charge on any atom is 0.146 e. The molecule has 0 unspecified atom stereocenters. The molecule has 1 aromatic rings. The highest BCUT2D eigenvalue weighted by Gasteiger charge is 2.10. The van der Waals surface area contributed by atoms with Crippen LogP contribution in [0.25, 0.3) is 0 Å².